The third kappa shape index (κ3) is 3.76. The van der Waals surface area contributed by atoms with Crippen molar-refractivity contribution in [3.05, 3.63) is 42.9 Å². The van der Waals surface area contributed by atoms with E-state index >= 15 is 0 Å². The van der Waals surface area contributed by atoms with Crippen LogP contribution in [-0.2, 0) is 4.79 Å². The van der Waals surface area contributed by atoms with Crippen LogP contribution in [0.1, 0.15) is 38.6 Å². The van der Waals surface area contributed by atoms with Crippen LogP contribution in [0.15, 0.2) is 41.5 Å². The van der Waals surface area contributed by atoms with Crippen molar-refractivity contribution in [2.45, 2.75) is 32.9 Å². The van der Waals surface area contributed by atoms with Crippen molar-refractivity contribution in [2.24, 2.45) is 0 Å². The Kier molecular flexibility index (Phi) is 5.77. The number of nitrogens with one attached hydrogen (secondary N) is 1. The highest BCUT2D eigenvalue weighted by Gasteiger charge is 2.22. The quantitative estimate of drug-likeness (QED) is 0.812. The van der Waals surface area contributed by atoms with Crippen molar-refractivity contribution in [3.63, 3.8) is 0 Å². The minimum atomic E-state index is -0.281. The summed E-state index contributed by atoms with van der Waals surface area (Å²) >= 11 is 0. The lowest BCUT2D eigenvalue weighted by Crippen LogP contribution is -2.40. The molecule has 1 N–H and O–H groups in total. The Hall–Kier alpha value is -2.08. The molecule has 0 saturated heterocycles. The number of nitrogens with zero attached hydrogens (tertiary/aromatic N) is 3. The molecule has 6 nitrogen and oxygen atoms in total. The maximum Gasteiger partial charge on any atom is 0.242 e. The molecular formula is C16H24N4O2. The molecule has 2 rings (SSSR count). The normalized spacial score (nSPS) is 14.0. The van der Waals surface area contributed by atoms with E-state index in [1.807, 2.05) is 19.1 Å². The van der Waals surface area contributed by atoms with E-state index in [0.717, 1.165) is 18.8 Å². The molecule has 2 aromatic rings. The molecule has 0 aliphatic rings. The van der Waals surface area contributed by atoms with E-state index in [2.05, 4.69) is 29.0 Å². The molecule has 0 fully saturated rings. The van der Waals surface area contributed by atoms with Gasteiger partial charge in [-0.15, -0.1) is 0 Å². The van der Waals surface area contributed by atoms with Crippen molar-refractivity contribution in [1.29, 1.82) is 0 Å². The van der Waals surface area contributed by atoms with Crippen LogP contribution in [0.2, 0.25) is 0 Å². The van der Waals surface area contributed by atoms with Crippen LogP contribution in [0.3, 0.4) is 0 Å². The number of aromatic nitrogens is 2. The lowest BCUT2D eigenvalue weighted by Gasteiger charge is -2.28. The molecule has 0 aliphatic carbocycles. The molecule has 120 valence electrons. The smallest absolute Gasteiger partial charge is 0.242 e. The van der Waals surface area contributed by atoms with Gasteiger partial charge in [-0.05, 0) is 32.1 Å². The second-order valence-corrected chi connectivity index (χ2v) is 5.18. The van der Waals surface area contributed by atoms with E-state index in [1.165, 1.54) is 0 Å². The van der Waals surface area contributed by atoms with Gasteiger partial charge >= 0.3 is 0 Å². The SMILES string of the molecule is CCN(CC)[C@H](CNC(=O)[C@H](C)n1ccnc1)c1ccco1. The maximum atomic E-state index is 12.3. The Morgan fingerprint density at radius 2 is 2.23 bits per heavy atom. The fourth-order valence-corrected chi connectivity index (χ4v) is 2.53. The third-order valence-electron chi connectivity index (χ3n) is 3.95. The zero-order valence-electron chi connectivity index (χ0n) is 13.4. The van der Waals surface area contributed by atoms with Crippen molar-refractivity contribution >= 4 is 5.91 Å². The number of rotatable bonds is 8. The minimum Gasteiger partial charge on any atom is -0.468 e. The molecule has 0 saturated carbocycles. The number of amides is 1. The van der Waals surface area contributed by atoms with Gasteiger partial charge in [0.25, 0.3) is 0 Å². The molecule has 22 heavy (non-hydrogen) atoms. The second-order valence-electron chi connectivity index (χ2n) is 5.18. The van der Waals surface area contributed by atoms with Gasteiger partial charge in [0.15, 0.2) is 0 Å². The van der Waals surface area contributed by atoms with Gasteiger partial charge in [0, 0.05) is 18.9 Å². The Morgan fingerprint density at radius 3 is 2.77 bits per heavy atom. The lowest BCUT2D eigenvalue weighted by molar-refractivity contribution is -0.124. The first-order chi connectivity index (χ1) is 10.7. The second kappa shape index (κ2) is 7.79. The van der Waals surface area contributed by atoms with E-state index in [0.29, 0.717) is 6.54 Å². The maximum absolute atomic E-state index is 12.3. The Balaban J connectivity index is 2.00. The summed E-state index contributed by atoms with van der Waals surface area (Å²) in [6.45, 7) is 8.39. The summed E-state index contributed by atoms with van der Waals surface area (Å²) in [5.74, 6) is 0.848. The molecule has 6 heteroatoms. The molecule has 0 aliphatic heterocycles. The summed E-state index contributed by atoms with van der Waals surface area (Å²) in [5, 5.41) is 3.02. The van der Waals surface area contributed by atoms with Gasteiger partial charge in [-0.1, -0.05) is 13.8 Å². The van der Waals surface area contributed by atoms with Crippen molar-refractivity contribution < 1.29 is 9.21 Å². The van der Waals surface area contributed by atoms with Crippen LogP contribution in [-0.4, -0.2) is 40.0 Å². The van der Waals surface area contributed by atoms with Gasteiger partial charge < -0.3 is 14.3 Å². The van der Waals surface area contributed by atoms with E-state index in [4.69, 9.17) is 4.42 Å². The van der Waals surface area contributed by atoms with Crippen molar-refractivity contribution in [1.82, 2.24) is 19.8 Å². The molecule has 2 heterocycles. The molecule has 2 aromatic heterocycles. The van der Waals surface area contributed by atoms with Crippen LogP contribution in [0, 0.1) is 0 Å². The van der Waals surface area contributed by atoms with Gasteiger partial charge in [-0.25, -0.2) is 4.98 Å². The van der Waals surface area contributed by atoms with Crippen LogP contribution in [0.25, 0.3) is 0 Å². The van der Waals surface area contributed by atoms with E-state index in [-0.39, 0.29) is 18.0 Å². The summed E-state index contributed by atoms with van der Waals surface area (Å²) < 4.78 is 7.32. The van der Waals surface area contributed by atoms with Gasteiger partial charge in [-0.3, -0.25) is 9.69 Å². The zero-order chi connectivity index (χ0) is 15.9. The molecule has 0 bridgehead atoms. The monoisotopic (exact) mass is 304 g/mol. The molecule has 0 radical (unpaired) electrons. The number of likely N-dealkylation sites (N-methyl/N-ethyl adjacent to an activating group) is 1. The molecule has 2 atom stereocenters. The topological polar surface area (TPSA) is 63.3 Å². The Bertz CT molecular complexity index is 547. The largest absolute Gasteiger partial charge is 0.468 e. The highest BCUT2D eigenvalue weighted by Crippen LogP contribution is 2.20. The van der Waals surface area contributed by atoms with Crippen molar-refractivity contribution in [3.8, 4) is 0 Å². The van der Waals surface area contributed by atoms with E-state index in [1.54, 1.807) is 29.6 Å². The number of carbonyl (C=O) groups is 1. The highest BCUT2D eigenvalue weighted by atomic mass is 16.3. The van der Waals surface area contributed by atoms with Gasteiger partial charge in [-0.2, -0.15) is 0 Å². The first kappa shape index (κ1) is 16.3. The Labute approximate surface area is 131 Å². The van der Waals surface area contributed by atoms with Crippen LogP contribution < -0.4 is 5.32 Å². The van der Waals surface area contributed by atoms with Crippen molar-refractivity contribution in [2.75, 3.05) is 19.6 Å². The van der Waals surface area contributed by atoms with E-state index < -0.39 is 0 Å². The predicted molar refractivity (Wildman–Crippen MR) is 84.3 cm³/mol. The fourth-order valence-electron chi connectivity index (χ4n) is 2.53. The summed E-state index contributed by atoms with van der Waals surface area (Å²) in [7, 11) is 0. The number of furan rings is 1. The molecule has 1 amide bonds. The lowest BCUT2D eigenvalue weighted by atomic mass is 10.1. The first-order valence-corrected chi connectivity index (χ1v) is 7.69. The summed E-state index contributed by atoms with van der Waals surface area (Å²) in [4.78, 5) is 18.5. The number of carbonyl (C=O) groups excluding carboxylic acids is 1. The molecule has 0 unspecified atom stereocenters. The molecular weight excluding hydrogens is 280 g/mol. The van der Waals surface area contributed by atoms with Gasteiger partial charge in [0.2, 0.25) is 5.91 Å². The first-order valence-electron chi connectivity index (χ1n) is 7.69. The highest BCUT2D eigenvalue weighted by molar-refractivity contribution is 5.79. The van der Waals surface area contributed by atoms with Crippen LogP contribution in [0.5, 0.6) is 0 Å². The summed E-state index contributed by atoms with van der Waals surface area (Å²) in [6, 6.07) is 3.59. The summed E-state index contributed by atoms with van der Waals surface area (Å²) in [5.41, 5.74) is 0. The number of imidazole rings is 1. The van der Waals surface area contributed by atoms with Gasteiger partial charge in [0.05, 0.1) is 18.6 Å². The van der Waals surface area contributed by atoms with Gasteiger partial charge in [0.1, 0.15) is 11.8 Å². The average Bonchev–Trinajstić information content (AvgIpc) is 3.23. The van der Waals surface area contributed by atoms with Crippen LogP contribution >= 0.6 is 0 Å². The van der Waals surface area contributed by atoms with E-state index in [9.17, 15) is 4.79 Å². The number of hydrogen-bond donors (Lipinski definition) is 1. The Morgan fingerprint density at radius 1 is 1.45 bits per heavy atom. The summed E-state index contributed by atoms with van der Waals surface area (Å²) in [6.07, 6.45) is 6.78. The molecule has 0 aromatic carbocycles. The predicted octanol–water partition coefficient (Wildman–Crippen LogP) is 2.24. The van der Waals surface area contributed by atoms with Crippen LogP contribution in [0.4, 0.5) is 0 Å². The number of hydrogen-bond acceptors (Lipinski definition) is 4. The minimum absolute atomic E-state index is 0.0262. The average molecular weight is 304 g/mol. The fraction of sp³-hybridized carbons (Fsp3) is 0.500. The zero-order valence-corrected chi connectivity index (χ0v) is 13.4. The standard InChI is InChI=1S/C16H24N4O2/c1-4-19(5-2)14(15-7-6-10-22-15)11-18-16(21)13(3)20-9-8-17-12-20/h6-10,12-14H,4-5,11H2,1-3H3,(H,18,21)/t13-,14+/m0/s1. The molecule has 0 spiro atoms. The third-order valence-corrected chi connectivity index (χ3v) is 3.95.